The van der Waals surface area contributed by atoms with Crippen LogP contribution in [0.15, 0.2) is 30.3 Å². The minimum Gasteiger partial charge on any atom is -0.493 e. The Bertz CT molecular complexity index is 576. The number of benzene rings is 1. The summed E-state index contributed by atoms with van der Waals surface area (Å²) < 4.78 is 5.70. The largest absolute Gasteiger partial charge is 0.493 e. The van der Waals surface area contributed by atoms with Gasteiger partial charge in [0.25, 0.3) is 0 Å². The normalized spacial score (nSPS) is 17.9. The first-order valence-corrected chi connectivity index (χ1v) is 7.56. The third-order valence-corrected chi connectivity index (χ3v) is 4.65. The maximum absolute atomic E-state index is 5.70. The number of aryl methyl sites for hydroxylation is 2. The summed E-state index contributed by atoms with van der Waals surface area (Å²) in [5, 5.41) is 3.67. The molecule has 1 atom stereocenters. The third kappa shape index (κ3) is 2.67. The summed E-state index contributed by atoms with van der Waals surface area (Å²) in [5.41, 5.74) is 2.71. The molecule has 0 saturated heterocycles. The zero-order valence-electron chi connectivity index (χ0n) is 11.4. The van der Waals surface area contributed by atoms with Gasteiger partial charge >= 0.3 is 0 Å². The maximum Gasteiger partial charge on any atom is 0.124 e. The Morgan fingerprint density at radius 3 is 2.95 bits per heavy atom. The van der Waals surface area contributed by atoms with Crippen LogP contribution in [0.1, 0.15) is 33.3 Å². The van der Waals surface area contributed by atoms with E-state index in [1.54, 1.807) is 0 Å². The Morgan fingerprint density at radius 2 is 2.16 bits per heavy atom. The molecule has 1 aliphatic rings. The van der Waals surface area contributed by atoms with Gasteiger partial charge in [-0.2, -0.15) is 0 Å². The number of hydrogen-bond donors (Lipinski definition) is 1. The first kappa shape index (κ1) is 12.7. The molecule has 19 heavy (non-hydrogen) atoms. The van der Waals surface area contributed by atoms with E-state index >= 15 is 0 Å². The Kier molecular flexibility index (Phi) is 3.58. The van der Waals surface area contributed by atoms with Crippen molar-refractivity contribution in [1.82, 2.24) is 5.32 Å². The van der Waals surface area contributed by atoms with Crippen molar-refractivity contribution in [3.8, 4) is 5.75 Å². The van der Waals surface area contributed by atoms with Crippen molar-refractivity contribution in [3.63, 3.8) is 0 Å². The fourth-order valence-electron chi connectivity index (χ4n) is 2.65. The van der Waals surface area contributed by atoms with E-state index in [-0.39, 0.29) is 0 Å². The summed E-state index contributed by atoms with van der Waals surface area (Å²) in [7, 11) is 0. The van der Waals surface area contributed by atoms with Gasteiger partial charge in [0.15, 0.2) is 0 Å². The Morgan fingerprint density at radius 1 is 1.32 bits per heavy atom. The molecule has 1 unspecified atom stereocenters. The van der Waals surface area contributed by atoms with E-state index in [0.717, 1.165) is 25.3 Å². The lowest BCUT2D eigenvalue weighted by molar-refractivity contribution is 0.252. The number of rotatable bonds is 3. The van der Waals surface area contributed by atoms with Gasteiger partial charge in [-0.3, -0.25) is 0 Å². The van der Waals surface area contributed by atoms with Crippen LogP contribution in [0.2, 0.25) is 0 Å². The summed E-state index contributed by atoms with van der Waals surface area (Å²) in [6.45, 7) is 6.11. The van der Waals surface area contributed by atoms with Crippen LogP contribution in [-0.2, 0) is 6.54 Å². The molecule has 1 aliphatic heterocycles. The van der Waals surface area contributed by atoms with E-state index in [1.807, 2.05) is 17.4 Å². The van der Waals surface area contributed by atoms with Crippen molar-refractivity contribution >= 4 is 11.3 Å². The van der Waals surface area contributed by atoms with E-state index in [4.69, 9.17) is 4.74 Å². The van der Waals surface area contributed by atoms with Crippen molar-refractivity contribution in [2.45, 2.75) is 32.9 Å². The van der Waals surface area contributed by atoms with Crippen LogP contribution < -0.4 is 10.1 Å². The highest BCUT2D eigenvalue weighted by Gasteiger charge is 2.20. The van der Waals surface area contributed by atoms with Crippen LogP contribution in [-0.4, -0.2) is 6.61 Å². The predicted molar refractivity (Wildman–Crippen MR) is 79.9 cm³/mol. The van der Waals surface area contributed by atoms with Crippen LogP contribution in [0.4, 0.5) is 0 Å². The molecule has 0 saturated carbocycles. The zero-order valence-corrected chi connectivity index (χ0v) is 12.2. The standard InChI is InChI=1S/C16H19NOS/c1-11-9-13(12(2)19-11)10-17-15-7-8-18-16-6-4-3-5-14(15)16/h3-6,9,15,17H,7-8,10H2,1-2H3. The van der Waals surface area contributed by atoms with Crippen LogP contribution in [0.5, 0.6) is 5.75 Å². The summed E-state index contributed by atoms with van der Waals surface area (Å²) >= 11 is 1.88. The van der Waals surface area contributed by atoms with Gasteiger partial charge < -0.3 is 10.1 Å². The number of ether oxygens (including phenoxy) is 1. The fourth-order valence-corrected chi connectivity index (χ4v) is 3.59. The molecule has 0 radical (unpaired) electrons. The van der Waals surface area contributed by atoms with Crippen molar-refractivity contribution in [2.75, 3.05) is 6.61 Å². The second-order valence-corrected chi connectivity index (χ2v) is 6.51. The second-order valence-electron chi connectivity index (χ2n) is 5.05. The van der Waals surface area contributed by atoms with Crippen LogP contribution in [0.3, 0.4) is 0 Å². The molecule has 2 heterocycles. The molecule has 0 amide bonds. The van der Waals surface area contributed by atoms with Crippen molar-refractivity contribution in [1.29, 1.82) is 0 Å². The van der Waals surface area contributed by atoms with Gasteiger partial charge in [0.1, 0.15) is 5.75 Å². The molecule has 100 valence electrons. The predicted octanol–water partition coefficient (Wildman–Crippen LogP) is 3.98. The molecule has 0 spiro atoms. The summed E-state index contributed by atoms with van der Waals surface area (Å²) in [5.74, 6) is 1.03. The van der Waals surface area contributed by atoms with Gasteiger partial charge in [-0.05, 0) is 31.5 Å². The smallest absolute Gasteiger partial charge is 0.124 e. The van der Waals surface area contributed by atoms with Crippen molar-refractivity contribution < 1.29 is 4.74 Å². The van der Waals surface area contributed by atoms with Crippen LogP contribution in [0, 0.1) is 13.8 Å². The molecular weight excluding hydrogens is 254 g/mol. The number of fused-ring (bicyclic) bond motifs is 1. The van der Waals surface area contributed by atoms with Crippen LogP contribution >= 0.6 is 11.3 Å². The number of nitrogens with one attached hydrogen (secondary N) is 1. The van der Waals surface area contributed by atoms with Gasteiger partial charge in [-0.15, -0.1) is 11.3 Å². The average Bonchev–Trinajstić information content (AvgIpc) is 2.74. The number of hydrogen-bond acceptors (Lipinski definition) is 3. The third-order valence-electron chi connectivity index (χ3n) is 3.64. The first-order chi connectivity index (χ1) is 9.24. The summed E-state index contributed by atoms with van der Waals surface area (Å²) in [4.78, 5) is 2.81. The summed E-state index contributed by atoms with van der Waals surface area (Å²) in [6, 6.07) is 11.0. The highest BCUT2D eigenvalue weighted by molar-refractivity contribution is 7.12. The van der Waals surface area contributed by atoms with Gasteiger partial charge in [0.2, 0.25) is 0 Å². The molecule has 0 aliphatic carbocycles. The van der Waals surface area contributed by atoms with Gasteiger partial charge in [-0.25, -0.2) is 0 Å². The lowest BCUT2D eigenvalue weighted by Crippen LogP contribution is -2.26. The molecule has 0 bridgehead atoms. The molecule has 0 fully saturated rings. The van der Waals surface area contributed by atoms with Gasteiger partial charge in [0.05, 0.1) is 6.61 Å². The average molecular weight is 273 g/mol. The minimum absolute atomic E-state index is 0.407. The zero-order chi connectivity index (χ0) is 13.2. The molecule has 3 heteroatoms. The van der Waals surface area contributed by atoms with Crippen molar-refractivity contribution in [2.24, 2.45) is 0 Å². The fraction of sp³-hybridized carbons (Fsp3) is 0.375. The molecule has 1 aromatic heterocycles. The molecule has 1 N–H and O–H groups in total. The van der Waals surface area contributed by atoms with E-state index in [1.165, 1.54) is 20.9 Å². The topological polar surface area (TPSA) is 21.3 Å². The van der Waals surface area contributed by atoms with E-state index in [2.05, 4.69) is 43.4 Å². The highest BCUT2D eigenvalue weighted by Crippen LogP contribution is 2.32. The minimum atomic E-state index is 0.407. The van der Waals surface area contributed by atoms with Crippen molar-refractivity contribution in [3.05, 3.63) is 51.2 Å². The molecule has 3 rings (SSSR count). The molecular formula is C16H19NOS. The van der Waals surface area contributed by atoms with Gasteiger partial charge in [-0.1, -0.05) is 18.2 Å². The van der Waals surface area contributed by atoms with Gasteiger partial charge in [0, 0.05) is 34.3 Å². The maximum atomic E-state index is 5.70. The highest BCUT2D eigenvalue weighted by atomic mass is 32.1. The molecule has 2 nitrogen and oxygen atoms in total. The molecule has 2 aromatic rings. The lowest BCUT2D eigenvalue weighted by Gasteiger charge is -2.26. The molecule has 1 aromatic carbocycles. The Balaban J connectivity index is 1.73. The number of thiophene rings is 1. The van der Waals surface area contributed by atoms with Crippen LogP contribution in [0.25, 0.3) is 0 Å². The van der Waals surface area contributed by atoms with E-state index in [9.17, 15) is 0 Å². The Labute approximate surface area is 118 Å². The summed E-state index contributed by atoms with van der Waals surface area (Å²) in [6.07, 6.45) is 1.04. The lowest BCUT2D eigenvalue weighted by atomic mass is 10.0. The number of para-hydroxylation sites is 1. The van der Waals surface area contributed by atoms with E-state index in [0.29, 0.717) is 6.04 Å². The Hall–Kier alpha value is -1.32. The SMILES string of the molecule is Cc1cc(CNC2CCOc3ccccc32)c(C)s1. The van der Waals surface area contributed by atoms with E-state index < -0.39 is 0 Å². The second kappa shape index (κ2) is 5.35. The first-order valence-electron chi connectivity index (χ1n) is 6.75. The monoisotopic (exact) mass is 273 g/mol. The quantitative estimate of drug-likeness (QED) is 0.913.